The number of nitriles is 1. The second-order valence-corrected chi connectivity index (χ2v) is 6.43. The number of hydrogen-bond acceptors (Lipinski definition) is 6. The van der Waals surface area contributed by atoms with Gasteiger partial charge >= 0.3 is 0 Å². The van der Waals surface area contributed by atoms with Crippen LogP contribution < -0.4 is 14.4 Å². The van der Waals surface area contributed by atoms with Crippen molar-refractivity contribution in [3.8, 4) is 17.6 Å². The predicted octanol–water partition coefficient (Wildman–Crippen LogP) is 3.70. The fourth-order valence-electron chi connectivity index (χ4n) is 2.53. The first-order chi connectivity index (χ1) is 13.2. The van der Waals surface area contributed by atoms with Crippen LogP contribution in [0, 0.1) is 11.3 Å². The van der Waals surface area contributed by atoms with Gasteiger partial charge in [-0.25, -0.2) is 4.99 Å². The molecule has 0 fully saturated rings. The molecule has 2 aromatic carbocycles. The minimum Gasteiger partial charge on any atom is -0.497 e. The van der Waals surface area contributed by atoms with E-state index in [1.165, 1.54) is 16.7 Å². The Kier molecular flexibility index (Phi) is 5.79. The highest BCUT2D eigenvalue weighted by Gasteiger charge is 2.32. The summed E-state index contributed by atoms with van der Waals surface area (Å²) in [6, 6.07) is 16.6. The van der Waals surface area contributed by atoms with Gasteiger partial charge in [-0.05, 0) is 35.9 Å². The monoisotopic (exact) mass is 379 g/mol. The van der Waals surface area contributed by atoms with E-state index in [2.05, 4.69) is 11.1 Å². The van der Waals surface area contributed by atoms with Gasteiger partial charge in [-0.15, -0.1) is 0 Å². The van der Waals surface area contributed by atoms with E-state index < -0.39 is 0 Å². The van der Waals surface area contributed by atoms with Gasteiger partial charge in [0.15, 0.2) is 5.17 Å². The molecule has 0 radical (unpaired) electrons. The Morgan fingerprint density at radius 3 is 2.56 bits per heavy atom. The molecule has 0 saturated carbocycles. The highest BCUT2D eigenvalue weighted by molar-refractivity contribution is 8.14. The number of anilines is 1. The second-order valence-electron chi connectivity index (χ2n) is 5.49. The summed E-state index contributed by atoms with van der Waals surface area (Å²) in [5, 5.41) is 9.37. The molecule has 0 bridgehead atoms. The standard InChI is InChI=1S/C20H17N3O3S/c1-25-16-8-6-14(7-9-16)12-18-19(24)23(20(22-18)27-11-10-21)15-4-3-5-17(13-15)26-2/h3-9,12-13H,11H2,1-2H3. The number of carbonyl (C=O) groups excluding carboxylic acids is 1. The number of thioether (sulfide) groups is 1. The summed E-state index contributed by atoms with van der Waals surface area (Å²) in [4.78, 5) is 18.9. The van der Waals surface area contributed by atoms with Crippen LogP contribution in [0.25, 0.3) is 6.08 Å². The summed E-state index contributed by atoms with van der Waals surface area (Å²) < 4.78 is 10.4. The molecule has 3 rings (SSSR count). The van der Waals surface area contributed by atoms with E-state index in [0.717, 1.165) is 11.3 Å². The van der Waals surface area contributed by atoms with Gasteiger partial charge in [0.2, 0.25) is 0 Å². The van der Waals surface area contributed by atoms with Crippen LogP contribution in [0.3, 0.4) is 0 Å². The lowest BCUT2D eigenvalue weighted by Crippen LogP contribution is -2.30. The zero-order valence-electron chi connectivity index (χ0n) is 14.9. The van der Waals surface area contributed by atoms with Crippen molar-refractivity contribution in [1.29, 1.82) is 5.26 Å². The molecule has 0 atom stereocenters. The third-order valence-electron chi connectivity index (χ3n) is 3.83. The molecule has 1 amide bonds. The van der Waals surface area contributed by atoms with Gasteiger partial charge in [0.05, 0.1) is 31.7 Å². The molecule has 0 saturated heterocycles. The van der Waals surface area contributed by atoms with Crippen LogP contribution in [-0.4, -0.2) is 31.0 Å². The third-order valence-corrected chi connectivity index (χ3v) is 4.63. The Morgan fingerprint density at radius 2 is 1.89 bits per heavy atom. The molecule has 1 aliphatic heterocycles. The molecule has 0 aliphatic carbocycles. The number of rotatable bonds is 5. The van der Waals surface area contributed by atoms with Crippen LogP contribution in [0.5, 0.6) is 11.5 Å². The lowest BCUT2D eigenvalue weighted by Gasteiger charge is -2.17. The molecular formula is C20H17N3O3S. The van der Waals surface area contributed by atoms with Gasteiger partial charge in [-0.1, -0.05) is 30.0 Å². The number of methoxy groups -OCH3 is 2. The van der Waals surface area contributed by atoms with E-state index in [1.807, 2.05) is 24.3 Å². The van der Waals surface area contributed by atoms with Crippen molar-refractivity contribution in [2.75, 3.05) is 24.9 Å². The number of benzene rings is 2. The molecule has 1 heterocycles. The van der Waals surface area contributed by atoms with Crippen molar-refractivity contribution in [2.45, 2.75) is 0 Å². The van der Waals surface area contributed by atoms with Crippen molar-refractivity contribution in [1.82, 2.24) is 0 Å². The summed E-state index contributed by atoms with van der Waals surface area (Å²) in [5.41, 5.74) is 1.78. The number of amides is 1. The summed E-state index contributed by atoms with van der Waals surface area (Å²) >= 11 is 1.22. The van der Waals surface area contributed by atoms with Crippen LogP contribution >= 0.6 is 11.8 Å². The molecule has 27 heavy (non-hydrogen) atoms. The van der Waals surface area contributed by atoms with Crippen LogP contribution in [0.4, 0.5) is 5.69 Å². The predicted molar refractivity (Wildman–Crippen MR) is 107 cm³/mol. The van der Waals surface area contributed by atoms with E-state index >= 15 is 0 Å². The number of aliphatic imine (C=N–C) groups is 1. The molecule has 0 unspecified atom stereocenters. The number of hydrogen-bond donors (Lipinski definition) is 0. The van der Waals surface area contributed by atoms with Gasteiger partial charge in [-0.2, -0.15) is 5.26 Å². The van der Waals surface area contributed by atoms with Gasteiger partial charge in [0, 0.05) is 6.07 Å². The molecule has 0 N–H and O–H groups in total. The maximum absolute atomic E-state index is 13.0. The van der Waals surface area contributed by atoms with Crippen LogP contribution in [0.15, 0.2) is 59.2 Å². The summed E-state index contributed by atoms with van der Waals surface area (Å²) in [6.45, 7) is 0. The minimum atomic E-state index is -0.250. The van der Waals surface area contributed by atoms with E-state index in [-0.39, 0.29) is 11.7 Å². The Labute approximate surface area is 161 Å². The third kappa shape index (κ3) is 4.13. The van der Waals surface area contributed by atoms with Crippen molar-refractivity contribution >= 4 is 34.6 Å². The molecule has 2 aromatic rings. The summed E-state index contributed by atoms with van der Waals surface area (Å²) in [5.74, 6) is 1.32. The number of amidine groups is 1. The molecule has 0 aromatic heterocycles. The summed E-state index contributed by atoms with van der Waals surface area (Å²) in [7, 11) is 3.17. The maximum atomic E-state index is 13.0. The van der Waals surface area contributed by atoms with Crippen molar-refractivity contribution in [3.05, 3.63) is 59.8 Å². The van der Waals surface area contributed by atoms with Gasteiger partial charge in [0.25, 0.3) is 5.91 Å². The number of nitrogens with zero attached hydrogens (tertiary/aromatic N) is 3. The first-order valence-electron chi connectivity index (χ1n) is 8.09. The quantitative estimate of drug-likeness (QED) is 0.741. The molecule has 6 nitrogen and oxygen atoms in total. The molecule has 0 spiro atoms. The van der Waals surface area contributed by atoms with Gasteiger partial charge < -0.3 is 9.47 Å². The highest BCUT2D eigenvalue weighted by atomic mass is 32.2. The summed E-state index contributed by atoms with van der Waals surface area (Å²) in [6.07, 6.45) is 1.72. The Balaban J connectivity index is 1.96. The maximum Gasteiger partial charge on any atom is 0.283 e. The minimum absolute atomic E-state index is 0.197. The fraction of sp³-hybridized carbons (Fsp3) is 0.150. The van der Waals surface area contributed by atoms with Crippen molar-refractivity contribution in [2.24, 2.45) is 4.99 Å². The zero-order valence-corrected chi connectivity index (χ0v) is 15.7. The number of carbonyl (C=O) groups is 1. The molecule has 1 aliphatic rings. The topological polar surface area (TPSA) is 74.9 Å². The van der Waals surface area contributed by atoms with E-state index in [9.17, 15) is 4.79 Å². The largest absolute Gasteiger partial charge is 0.497 e. The molecular weight excluding hydrogens is 362 g/mol. The SMILES string of the molecule is COc1ccc(C=C2N=C(SCC#N)N(c3cccc(OC)c3)C2=O)cc1. The van der Waals surface area contributed by atoms with Crippen LogP contribution in [0.2, 0.25) is 0 Å². The van der Waals surface area contributed by atoms with Crippen LogP contribution in [0.1, 0.15) is 5.56 Å². The zero-order chi connectivity index (χ0) is 19.2. The second kappa shape index (κ2) is 8.43. The van der Waals surface area contributed by atoms with E-state index in [1.54, 1.807) is 44.6 Å². The first-order valence-corrected chi connectivity index (χ1v) is 9.07. The van der Waals surface area contributed by atoms with E-state index in [4.69, 9.17) is 14.7 Å². The van der Waals surface area contributed by atoms with Crippen molar-refractivity contribution in [3.63, 3.8) is 0 Å². The Bertz CT molecular complexity index is 946. The lowest BCUT2D eigenvalue weighted by atomic mass is 10.2. The molecule has 136 valence electrons. The van der Waals surface area contributed by atoms with E-state index in [0.29, 0.717) is 22.3 Å². The normalized spacial score (nSPS) is 14.9. The van der Waals surface area contributed by atoms with Gasteiger partial charge in [-0.3, -0.25) is 9.69 Å². The number of ether oxygens (including phenoxy) is 2. The smallest absolute Gasteiger partial charge is 0.283 e. The fourth-order valence-corrected chi connectivity index (χ4v) is 3.20. The lowest BCUT2D eigenvalue weighted by molar-refractivity contribution is -0.113. The average Bonchev–Trinajstić information content (AvgIpc) is 3.02. The highest BCUT2D eigenvalue weighted by Crippen LogP contribution is 2.31. The Morgan fingerprint density at radius 1 is 1.15 bits per heavy atom. The Hall–Kier alpha value is -3.24. The van der Waals surface area contributed by atoms with Crippen LogP contribution in [-0.2, 0) is 4.79 Å². The molecule has 7 heteroatoms. The first kappa shape index (κ1) is 18.5. The van der Waals surface area contributed by atoms with Gasteiger partial charge in [0.1, 0.15) is 17.2 Å². The average molecular weight is 379 g/mol. The van der Waals surface area contributed by atoms with Crippen molar-refractivity contribution < 1.29 is 14.3 Å².